The standard InChI is InChI=1S/C14H16N2O2/c15-9-11-5-1-4-8-13(11)16(10-14(17)18)12-6-2-3-7-12/h1,4-5,8,12H,2-3,6-7,10H2,(H,17,18). The van der Waals surface area contributed by atoms with Crippen LogP contribution in [0.15, 0.2) is 24.3 Å². The molecule has 0 saturated heterocycles. The minimum Gasteiger partial charge on any atom is -0.480 e. The molecule has 94 valence electrons. The number of hydrogen-bond acceptors (Lipinski definition) is 3. The van der Waals surface area contributed by atoms with Crippen LogP contribution in [0.4, 0.5) is 5.69 Å². The number of rotatable bonds is 4. The molecule has 1 N–H and O–H groups in total. The third-order valence-electron chi connectivity index (χ3n) is 3.41. The molecular formula is C14H16N2O2. The minimum absolute atomic E-state index is 0.0383. The Morgan fingerprint density at radius 2 is 2.06 bits per heavy atom. The third-order valence-corrected chi connectivity index (χ3v) is 3.41. The van der Waals surface area contributed by atoms with Crippen LogP contribution in [0.1, 0.15) is 31.2 Å². The molecule has 1 aliphatic carbocycles. The van der Waals surface area contributed by atoms with E-state index in [1.54, 1.807) is 12.1 Å². The Bertz CT molecular complexity index is 473. The predicted octanol–water partition coefficient (Wildman–Crippen LogP) is 2.39. The number of aliphatic carboxylic acids is 1. The van der Waals surface area contributed by atoms with Gasteiger partial charge in [-0.25, -0.2) is 0 Å². The highest BCUT2D eigenvalue weighted by atomic mass is 16.4. The van der Waals surface area contributed by atoms with Crippen molar-refractivity contribution >= 4 is 11.7 Å². The monoisotopic (exact) mass is 244 g/mol. The van der Waals surface area contributed by atoms with Crippen molar-refractivity contribution in [2.45, 2.75) is 31.7 Å². The summed E-state index contributed by atoms with van der Waals surface area (Å²) in [5, 5.41) is 18.2. The molecule has 0 aliphatic heterocycles. The fourth-order valence-corrected chi connectivity index (χ4v) is 2.59. The summed E-state index contributed by atoms with van der Waals surface area (Å²) in [6.45, 7) is -0.0383. The first kappa shape index (κ1) is 12.4. The van der Waals surface area contributed by atoms with Crippen LogP contribution in [0.25, 0.3) is 0 Å². The highest BCUT2D eigenvalue weighted by Crippen LogP contribution is 2.29. The van der Waals surface area contributed by atoms with E-state index in [-0.39, 0.29) is 12.6 Å². The van der Waals surface area contributed by atoms with Gasteiger partial charge in [0.2, 0.25) is 0 Å². The zero-order valence-corrected chi connectivity index (χ0v) is 10.2. The van der Waals surface area contributed by atoms with Gasteiger partial charge in [0.05, 0.1) is 11.3 Å². The molecule has 1 aliphatic rings. The molecule has 4 heteroatoms. The van der Waals surface area contributed by atoms with Crippen LogP contribution < -0.4 is 4.90 Å². The molecule has 1 fully saturated rings. The number of carboxylic acids is 1. The molecule has 0 unspecified atom stereocenters. The number of anilines is 1. The molecule has 0 radical (unpaired) electrons. The molecule has 0 spiro atoms. The molecule has 4 nitrogen and oxygen atoms in total. The average Bonchev–Trinajstić information content (AvgIpc) is 2.89. The smallest absolute Gasteiger partial charge is 0.323 e. The summed E-state index contributed by atoms with van der Waals surface area (Å²) in [4.78, 5) is 12.9. The van der Waals surface area contributed by atoms with E-state index in [0.29, 0.717) is 5.56 Å². The van der Waals surface area contributed by atoms with E-state index in [1.165, 1.54) is 0 Å². The van der Waals surface area contributed by atoms with Crippen molar-refractivity contribution in [3.8, 4) is 6.07 Å². The molecule has 0 amide bonds. The number of carboxylic acid groups (broad SMARTS) is 1. The summed E-state index contributed by atoms with van der Waals surface area (Å²) in [5.41, 5.74) is 1.29. The van der Waals surface area contributed by atoms with Crippen LogP contribution in [-0.4, -0.2) is 23.7 Å². The topological polar surface area (TPSA) is 64.3 Å². The fourth-order valence-electron chi connectivity index (χ4n) is 2.59. The van der Waals surface area contributed by atoms with Gasteiger partial charge < -0.3 is 10.0 Å². The van der Waals surface area contributed by atoms with E-state index in [0.717, 1.165) is 31.4 Å². The first-order valence-corrected chi connectivity index (χ1v) is 6.20. The van der Waals surface area contributed by atoms with Gasteiger partial charge in [-0.1, -0.05) is 25.0 Å². The van der Waals surface area contributed by atoms with Gasteiger partial charge >= 0.3 is 5.97 Å². The lowest BCUT2D eigenvalue weighted by molar-refractivity contribution is -0.135. The van der Waals surface area contributed by atoms with Crippen molar-refractivity contribution in [2.75, 3.05) is 11.4 Å². The van der Waals surface area contributed by atoms with E-state index in [2.05, 4.69) is 6.07 Å². The van der Waals surface area contributed by atoms with Crippen LogP contribution in [-0.2, 0) is 4.79 Å². The Balaban J connectivity index is 2.32. The van der Waals surface area contributed by atoms with E-state index in [9.17, 15) is 4.79 Å². The van der Waals surface area contributed by atoms with Crippen LogP contribution >= 0.6 is 0 Å². The zero-order chi connectivity index (χ0) is 13.0. The fraction of sp³-hybridized carbons (Fsp3) is 0.429. The second-order valence-electron chi connectivity index (χ2n) is 4.59. The molecule has 1 aromatic carbocycles. The van der Waals surface area contributed by atoms with E-state index in [1.807, 2.05) is 17.0 Å². The van der Waals surface area contributed by atoms with Gasteiger partial charge in [-0.15, -0.1) is 0 Å². The number of para-hydroxylation sites is 1. The minimum atomic E-state index is -0.852. The van der Waals surface area contributed by atoms with E-state index < -0.39 is 5.97 Å². The molecule has 1 aromatic rings. The van der Waals surface area contributed by atoms with Gasteiger partial charge in [-0.3, -0.25) is 4.79 Å². The van der Waals surface area contributed by atoms with Gasteiger partial charge in [-0.2, -0.15) is 5.26 Å². The first-order chi connectivity index (χ1) is 8.72. The number of nitriles is 1. The van der Waals surface area contributed by atoms with Crippen molar-refractivity contribution in [3.05, 3.63) is 29.8 Å². The second-order valence-corrected chi connectivity index (χ2v) is 4.59. The van der Waals surface area contributed by atoms with Gasteiger partial charge in [0.25, 0.3) is 0 Å². The number of nitrogens with zero attached hydrogens (tertiary/aromatic N) is 2. The van der Waals surface area contributed by atoms with Gasteiger partial charge in [0.15, 0.2) is 0 Å². The second kappa shape index (κ2) is 5.54. The Labute approximate surface area is 106 Å². The quantitative estimate of drug-likeness (QED) is 0.883. The Hall–Kier alpha value is -2.02. The van der Waals surface area contributed by atoms with Crippen molar-refractivity contribution in [2.24, 2.45) is 0 Å². The Morgan fingerprint density at radius 3 is 2.67 bits per heavy atom. The number of carbonyl (C=O) groups is 1. The summed E-state index contributed by atoms with van der Waals surface area (Å²) in [7, 11) is 0. The maximum Gasteiger partial charge on any atom is 0.323 e. The van der Waals surface area contributed by atoms with Crippen molar-refractivity contribution in [1.29, 1.82) is 5.26 Å². The van der Waals surface area contributed by atoms with Gasteiger partial charge in [0, 0.05) is 6.04 Å². The normalized spacial score (nSPS) is 15.3. The summed E-state index contributed by atoms with van der Waals surface area (Å²) < 4.78 is 0. The maximum absolute atomic E-state index is 11.0. The van der Waals surface area contributed by atoms with Crippen molar-refractivity contribution < 1.29 is 9.90 Å². The highest BCUT2D eigenvalue weighted by molar-refractivity contribution is 5.75. The number of hydrogen-bond donors (Lipinski definition) is 1. The molecule has 0 atom stereocenters. The summed E-state index contributed by atoms with van der Waals surface area (Å²) in [6, 6.07) is 9.60. The van der Waals surface area contributed by atoms with Crippen LogP contribution in [0, 0.1) is 11.3 Å². The van der Waals surface area contributed by atoms with E-state index >= 15 is 0 Å². The van der Waals surface area contributed by atoms with Crippen molar-refractivity contribution in [1.82, 2.24) is 0 Å². The Kier molecular flexibility index (Phi) is 3.83. The predicted molar refractivity (Wildman–Crippen MR) is 68.4 cm³/mol. The Morgan fingerprint density at radius 1 is 1.39 bits per heavy atom. The van der Waals surface area contributed by atoms with Crippen LogP contribution in [0.5, 0.6) is 0 Å². The number of benzene rings is 1. The maximum atomic E-state index is 11.0. The lowest BCUT2D eigenvalue weighted by Gasteiger charge is -2.30. The molecule has 2 rings (SSSR count). The highest BCUT2D eigenvalue weighted by Gasteiger charge is 2.25. The largest absolute Gasteiger partial charge is 0.480 e. The summed E-state index contributed by atoms with van der Waals surface area (Å²) in [5.74, 6) is -0.852. The molecule has 18 heavy (non-hydrogen) atoms. The lowest BCUT2D eigenvalue weighted by atomic mass is 10.1. The lowest BCUT2D eigenvalue weighted by Crippen LogP contribution is -2.38. The zero-order valence-electron chi connectivity index (χ0n) is 10.2. The van der Waals surface area contributed by atoms with Gasteiger partial charge in [0.1, 0.15) is 12.6 Å². The summed E-state index contributed by atoms with van der Waals surface area (Å²) in [6.07, 6.45) is 4.28. The summed E-state index contributed by atoms with van der Waals surface area (Å²) >= 11 is 0. The van der Waals surface area contributed by atoms with Gasteiger partial charge in [-0.05, 0) is 25.0 Å². The molecule has 0 heterocycles. The third kappa shape index (κ3) is 2.62. The van der Waals surface area contributed by atoms with Crippen LogP contribution in [0.2, 0.25) is 0 Å². The molecule has 1 saturated carbocycles. The first-order valence-electron chi connectivity index (χ1n) is 6.20. The molecule has 0 aromatic heterocycles. The van der Waals surface area contributed by atoms with Crippen molar-refractivity contribution in [3.63, 3.8) is 0 Å². The van der Waals surface area contributed by atoms with Crippen LogP contribution in [0.3, 0.4) is 0 Å². The molecular weight excluding hydrogens is 228 g/mol. The van der Waals surface area contributed by atoms with E-state index in [4.69, 9.17) is 10.4 Å². The average molecular weight is 244 g/mol. The SMILES string of the molecule is N#Cc1ccccc1N(CC(=O)O)C1CCCC1. The molecule has 0 bridgehead atoms.